The third-order valence-electron chi connectivity index (χ3n) is 4.75. The Balaban J connectivity index is 1.47. The van der Waals surface area contributed by atoms with Crippen LogP contribution in [0.4, 0.5) is 0 Å². The molecule has 4 rings (SSSR count). The van der Waals surface area contributed by atoms with Crippen molar-refractivity contribution in [3.05, 3.63) is 47.0 Å². The number of thiophene rings is 1. The normalized spacial score (nSPS) is 14.4. The van der Waals surface area contributed by atoms with Crippen LogP contribution in [0.2, 0.25) is 0 Å². The van der Waals surface area contributed by atoms with Crippen molar-refractivity contribution in [3.8, 4) is 5.69 Å². The molecule has 0 atom stereocenters. The number of hydrogen-bond donors (Lipinski definition) is 3. The maximum Gasteiger partial charge on any atom is 0.279 e. The van der Waals surface area contributed by atoms with Gasteiger partial charge in [0.25, 0.3) is 5.91 Å². The summed E-state index contributed by atoms with van der Waals surface area (Å²) in [6.45, 7) is 1.95. The minimum absolute atomic E-state index is 0.203. The fraction of sp³-hybridized carbons (Fsp3) is 0.316. The van der Waals surface area contributed by atoms with Gasteiger partial charge in [0.1, 0.15) is 4.83 Å². The van der Waals surface area contributed by atoms with Crippen molar-refractivity contribution in [1.29, 1.82) is 0 Å². The van der Waals surface area contributed by atoms with Gasteiger partial charge in [-0.3, -0.25) is 15.6 Å². The molecule has 3 aromatic rings. The number of nitrogens with one attached hydrogen (secondary N) is 3. The fourth-order valence-electron chi connectivity index (χ4n) is 3.37. The standard InChI is InChI=1S/C19H21N5OS2/c1-12-15-11-16(17(25)21-22-19(26)20-13-7-5-6-8-13)27-18(15)24(23-12)14-9-3-2-4-10-14/h2-4,9-11,13H,5-8H2,1H3,(H,21,25)(H2,20,22,26). The molecular weight excluding hydrogens is 378 g/mol. The van der Waals surface area contributed by atoms with Crippen LogP contribution in [-0.4, -0.2) is 26.8 Å². The van der Waals surface area contributed by atoms with Crippen LogP contribution in [0.3, 0.4) is 0 Å². The average molecular weight is 400 g/mol. The van der Waals surface area contributed by atoms with E-state index in [-0.39, 0.29) is 5.91 Å². The number of para-hydroxylation sites is 1. The van der Waals surface area contributed by atoms with Gasteiger partial charge in [0.2, 0.25) is 0 Å². The number of fused-ring (bicyclic) bond motifs is 1. The van der Waals surface area contributed by atoms with Gasteiger partial charge in [-0.1, -0.05) is 31.0 Å². The van der Waals surface area contributed by atoms with E-state index in [1.54, 1.807) is 0 Å². The van der Waals surface area contributed by atoms with E-state index < -0.39 is 0 Å². The summed E-state index contributed by atoms with van der Waals surface area (Å²) in [4.78, 5) is 14.1. The van der Waals surface area contributed by atoms with Crippen LogP contribution < -0.4 is 16.2 Å². The molecule has 140 valence electrons. The molecule has 1 amide bonds. The lowest BCUT2D eigenvalue weighted by molar-refractivity contribution is 0.0947. The lowest BCUT2D eigenvalue weighted by atomic mass is 10.3. The predicted octanol–water partition coefficient (Wildman–Crippen LogP) is 3.45. The highest BCUT2D eigenvalue weighted by Gasteiger charge is 2.18. The van der Waals surface area contributed by atoms with Gasteiger partial charge >= 0.3 is 0 Å². The lowest BCUT2D eigenvalue weighted by Gasteiger charge is -2.15. The molecule has 1 aliphatic carbocycles. The Labute approximate surface area is 166 Å². The number of carbonyl (C=O) groups excluding carboxylic acids is 1. The largest absolute Gasteiger partial charge is 0.359 e. The van der Waals surface area contributed by atoms with E-state index in [1.807, 2.05) is 48.0 Å². The molecule has 0 unspecified atom stereocenters. The smallest absolute Gasteiger partial charge is 0.279 e. The second-order valence-corrected chi connectivity index (χ2v) is 8.14. The van der Waals surface area contributed by atoms with Gasteiger partial charge in [0, 0.05) is 11.4 Å². The lowest BCUT2D eigenvalue weighted by Crippen LogP contribution is -2.49. The third-order valence-corrected chi connectivity index (χ3v) is 6.08. The summed E-state index contributed by atoms with van der Waals surface area (Å²) in [5, 5.41) is 9.29. The number of aromatic nitrogens is 2. The highest BCUT2D eigenvalue weighted by Crippen LogP contribution is 2.30. The number of carbonyl (C=O) groups is 1. The summed E-state index contributed by atoms with van der Waals surface area (Å²) < 4.78 is 1.88. The molecule has 1 saturated carbocycles. The first-order valence-corrected chi connectivity index (χ1v) is 10.3. The Morgan fingerprint density at radius 3 is 2.70 bits per heavy atom. The van der Waals surface area contributed by atoms with Gasteiger partial charge in [0.05, 0.1) is 16.3 Å². The Kier molecular flexibility index (Phi) is 5.09. The molecule has 1 fully saturated rings. The van der Waals surface area contributed by atoms with E-state index in [4.69, 9.17) is 12.2 Å². The molecule has 6 nitrogen and oxygen atoms in total. The van der Waals surface area contributed by atoms with Crippen molar-refractivity contribution in [3.63, 3.8) is 0 Å². The summed E-state index contributed by atoms with van der Waals surface area (Å²) in [5.74, 6) is -0.203. The van der Waals surface area contributed by atoms with Crippen molar-refractivity contribution in [1.82, 2.24) is 25.9 Å². The maximum atomic E-state index is 12.5. The van der Waals surface area contributed by atoms with Gasteiger partial charge in [-0.15, -0.1) is 11.3 Å². The molecule has 2 heterocycles. The summed E-state index contributed by atoms with van der Waals surface area (Å²) in [6.07, 6.45) is 4.71. The second kappa shape index (κ2) is 7.66. The zero-order valence-electron chi connectivity index (χ0n) is 15.0. The highest BCUT2D eigenvalue weighted by molar-refractivity contribution is 7.80. The van der Waals surface area contributed by atoms with Crippen molar-refractivity contribution < 1.29 is 4.79 Å². The molecule has 0 saturated heterocycles. The molecule has 0 spiro atoms. The van der Waals surface area contributed by atoms with Crippen LogP contribution in [0.15, 0.2) is 36.4 Å². The summed E-state index contributed by atoms with van der Waals surface area (Å²) in [7, 11) is 0. The van der Waals surface area contributed by atoms with Crippen LogP contribution >= 0.6 is 23.6 Å². The summed E-state index contributed by atoms with van der Waals surface area (Å²) >= 11 is 6.68. The average Bonchev–Trinajstić information content (AvgIpc) is 3.39. The summed E-state index contributed by atoms with van der Waals surface area (Å²) in [5.41, 5.74) is 7.38. The van der Waals surface area contributed by atoms with E-state index in [1.165, 1.54) is 24.2 Å². The monoisotopic (exact) mass is 399 g/mol. The van der Waals surface area contributed by atoms with E-state index in [0.29, 0.717) is 16.0 Å². The SMILES string of the molecule is Cc1nn(-c2ccccc2)c2sc(C(=O)NNC(=S)NC3CCCC3)cc12. The number of nitrogens with zero attached hydrogens (tertiary/aromatic N) is 2. The number of aryl methyl sites for hydroxylation is 1. The molecule has 8 heteroatoms. The number of hydrogen-bond acceptors (Lipinski definition) is 4. The third kappa shape index (κ3) is 3.81. The molecule has 27 heavy (non-hydrogen) atoms. The van der Waals surface area contributed by atoms with Crippen molar-refractivity contribution in [2.75, 3.05) is 0 Å². The molecule has 3 N–H and O–H groups in total. The minimum Gasteiger partial charge on any atom is -0.359 e. The fourth-order valence-corrected chi connectivity index (χ4v) is 4.67. The Bertz CT molecular complexity index is 973. The number of amides is 1. The molecule has 0 bridgehead atoms. The van der Waals surface area contributed by atoms with Crippen LogP contribution in [0, 0.1) is 6.92 Å². The molecule has 0 aliphatic heterocycles. The van der Waals surface area contributed by atoms with Gasteiger partial charge in [-0.25, -0.2) is 4.68 Å². The first kappa shape index (κ1) is 17.9. The Hall–Kier alpha value is -2.45. The first-order chi connectivity index (χ1) is 13.1. The minimum atomic E-state index is -0.203. The molecule has 2 aromatic heterocycles. The zero-order valence-corrected chi connectivity index (χ0v) is 16.6. The quantitative estimate of drug-likeness (QED) is 0.465. The number of rotatable bonds is 3. The van der Waals surface area contributed by atoms with Crippen LogP contribution in [-0.2, 0) is 0 Å². The predicted molar refractivity (Wildman–Crippen MR) is 112 cm³/mol. The van der Waals surface area contributed by atoms with Crippen LogP contribution in [0.5, 0.6) is 0 Å². The zero-order chi connectivity index (χ0) is 18.8. The van der Waals surface area contributed by atoms with Crippen LogP contribution in [0.1, 0.15) is 41.0 Å². The number of hydrazine groups is 1. The topological polar surface area (TPSA) is 71.0 Å². The van der Waals surface area contributed by atoms with Gasteiger partial charge in [0.15, 0.2) is 5.11 Å². The molecule has 1 aromatic carbocycles. The molecule has 0 radical (unpaired) electrons. The number of benzene rings is 1. The van der Waals surface area contributed by atoms with Gasteiger partial charge in [-0.2, -0.15) is 5.10 Å². The molecular formula is C19H21N5OS2. The van der Waals surface area contributed by atoms with E-state index in [9.17, 15) is 4.79 Å². The van der Waals surface area contributed by atoms with E-state index in [0.717, 1.165) is 34.4 Å². The Morgan fingerprint density at radius 1 is 1.22 bits per heavy atom. The Morgan fingerprint density at radius 2 is 1.96 bits per heavy atom. The maximum absolute atomic E-state index is 12.5. The van der Waals surface area contributed by atoms with Crippen LogP contribution in [0.25, 0.3) is 15.9 Å². The van der Waals surface area contributed by atoms with Crippen molar-refractivity contribution in [2.24, 2.45) is 0 Å². The van der Waals surface area contributed by atoms with Crippen molar-refractivity contribution in [2.45, 2.75) is 38.6 Å². The highest BCUT2D eigenvalue weighted by atomic mass is 32.1. The van der Waals surface area contributed by atoms with E-state index in [2.05, 4.69) is 21.3 Å². The second-order valence-electron chi connectivity index (χ2n) is 6.70. The van der Waals surface area contributed by atoms with Gasteiger partial charge in [-0.05, 0) is 50.2 Å². The van der Waals surface area contributed by atoms with E-state index >= 15 is 0 Å². The first-order valence-electron chi connectivity index (χ1n) is 9.03. The summed E-state index contributed by atoms with van der Waals surface area (Å²) in [6, 6.07) is 12.2. The number of thiocarbonyl (C=S) groups is 1. The molecule has 1 aliphatic rings. The van der Waals surface area contributed by atoms with Gasteiger partial charge < -0.3 is 5.32 Å². The van der Waals surface area contributed by atoms with Crippen molar-refractivity contribution >= 4 is 44.8 Å².